The van der Waals surface area contributed by atoms with Gasteiger partial charge in [-0.2, -0.15) is 0 Å². The zero-order valence-corrected chi connectivity index (χ0v) is 12.4. The van der Waals surface area contributed by atoms with Gasteiger partial charge < -0.3 is 10.8 Å². The van der Waals surface area contributed by atoms with Gasteiger partial charge in [-0.05, 0) is 61.7 Å². The fourth-order valence-corrected chi connectivity index (χ4v) is 5.64. The van der Waals surface area contributed by atoms with Crippen LogP contribution in [0.1, 0.15) is 44.9 Å². The molecular formula is C16H28N2O2. The van der Waals surface area contributed by atoms with Crippen LogP contribution >= 0.6 is 0 Å². The Morgan fingerprint density at radius 3 is 2.10 bits per heavy atom. The molecule has 0 radical (unpaired) electrons. The van der Waals surface area contributed by atoms with E-state index in [2.05, 4.69) is 4.90 Å². The second-order valence-corrected chi connectivity index (χ2v) is 7.63. The number of hydrogen-bond donors (Lipinski definition) is 2. The predicted octanol–water partition coefficient (Wildman–Crippen LogP) is 1.37. The minimum absolute atomic E-state index is 0.172. The highest BCUT2D eigenvalue weighted by Gasteiger charge is 2.51. The van der Waals surface area contributed by atoms with Gasteiger partial charge in [0.2, 0.25) is 5.91 Å². The first-order chi connectivity index (χ1) is 9.58. The summed E-state index contributed by atoms with van der Waals surface area (Å²) in [6, 6.07) is 0. The van der Waals surface area contributed by atoms with Crippen molar-refractivity contribution in [3.05, 3.63) is 0 Å². The third-order valence-corrected chi connectivity index (χ3v) is 5.81. The summed E-state index contributed by atoms with van der Waals surface area (Å²) in [5.74, 6) is 2.62. The van der Waals surface area contributed by atoms with E-state index in [-0.39, 0.29) is 12.5 Å². The molecule has 0 aromatic heterocycles. The molecule has 3 N–H and O–H groups in total. The second kappa shape index (κ2) is 5.64. The molecule has 20 heavy (non-hydrogen) atoms. The number of aliphatic hydroxyl groups is 1. The first kappa shape index (κ1) is 14.3. The second-order valence-electron chi connectivity index (χ2n) is 7.63. The van der Waals surface area contributed by atoms with E-state index >= 15 is 0 Å². The van der Waals surface area contributed by atoms with Crippen molar-refractivity contribution in [1.82, 2.24) is 4.90 Å². The van der Waals surface area contributed by atoms with E-state index in [1.165, 1.54) is 38.5 Å². The van der Waals surface area contributed by atoms with Crippen molar-refractivity contribution in [2.75, 3.05) is 26.2 Å². The molecule has 0 saturated heterocycles. The van der Waals surface area contributed by atoms with Crippen LogP contribution in [0.4, 0.5) is 0 Å². The average Bonchev–Trinajstić information content (AvgIpc) is 2.34. The number of nitrogens with two attached hydrogens (primary N) is 1. The van der Waals surface area contributed by atoms with Gasteiger partial charge >= 0.3 is 0 Å². The van der Waals surface area contributed by atoms with Gasteiger partial charge in [-0.25, -0.2) is 0 Å². The summed E-state index contributed by atoms with van der Waals surface area (Å²) in [6.45, 7) is 2.61. The van der Waals surface area contributed by atoms with Crippen LogP contribution in [-0.4, -0.2) is 42.2 Å². The normalized spacial score (nSPS) is 38.6. The molecule has 0 spiro atoms. The molecule has 0 aromatic carbocycles. The Morgan fingerprint density at radius 2 is 1.65 bits per heavy atom. The summed E-state index contributed by atoms with van der Waals surface area (Å²) < 4.78 is 0. The van der Waals surface area contributed by atoms with Gasteiger partial charge in [0.05, 0.1) is 6.61 Å². The highest BCUT2D eigenvalue weighted by atomic mass is 16.3. The van der Waals surface area contributed by atoms with Gasteiger partial charge in [0.15, 0.2) is 0 Å². The van der Waals surface area contributed by atoms with Crippen molar-refractivity contribution in [2.45, 2.75) is 44.9 Å². The van der Waals surface area contributed by atoms with Crippen LogP contribution < -0.4 is 5.73 Å². The lowest BCUT2D eigenvalue weighted by Crippen LogP contribution is -2.51. The smallest absolute Gasteiger partial charge is 0.218 e. The molecule has 4 bridgehead atoms. The first-order valence-electron chi connectivity index (χ1n) is 8.20. The maximum absolute atomic E-state index is 11.0. The number of primary amides is 1. The fourth-order valence-electron chi connectivity index (χ4n) is 5.64. The van der Waals surface area contributed by atoms with Crippen LogP contribution in [0.25, 0.3) is 0 Å². The lowest BCUT2D eigenvalue weighted by atomic mass is 9.49. The van der Waals surface area contributed by atoms with E-state index in [4.69, 9.17) is 5.73 Å². The molecule has 0 atom stereocenters. The molecule has 4 rings (SSSR count). The topological polar surface area (TPSA) is 66.6 Å². The summed E-state index contributed by atoms with van der Waals surface area (Å²) in [5, 5.41) is 9.26. The molecule has 4 aliphatic rings. The Hall–Kier alpha value is -0.610. The molecule has 0 heterocycles. The third-order valence-electron chi connectivity index (χ3n) is 5.81. The molecule has 4 aliphatic carbocycles. The lowest BCUT2D eigenvalue weighted by molar-refractivity contribution is -0.118. The van der Waals surface area contributed by atoms with Crippen molar-refractivity contribution < 1.29 is 9.90 Å². The summed E-state index contributed by atoms with van der Waals surface area (Å²) in [6.07, 6.45) is 8.90. The molecule has 4 heteroatoms. The van der Waals surface area contributed by atoms with Crippen LogP contribution in [0.15, 0.2) is 0 Å². The molecule has 0 unspecified atom stereocenters. The summed E-state index contributed by atoms with van der Waals surface area (Å²) in [4.78, 5) is 13.3. The maximum atomic E-state index is 11.0. The van der Waals surface area contributed by atoms with Crippen LogP contribution in [0.5, 0.6) is 0 Å². The Labute approximate surface area is 121 Å². The number of amides is 1. The van der Waals surface area contributed by atoms with Crippen LogP contribution in [0, 0.1) is 23.2 Å². The standard InChI is InChI=1S/C16H28N2O2/c17-15(20)1-2-18(3-4-19)11-16-8-12-5-13(9-16)7-14(6-12)10-16/h12-14,19H,1-11H2,(H2,17,20). The largest absolute Gasteiger partial charge is 0.395 e. The van der Waals surface area contributed by atoms with Gasteiger partial charge in [0.1, 0.15) is 0 Å². The number of carbonyl (C=O) groups excluding carboxylic acids is 1. The molecule has 4 fully saturated rings. The molecule has 0 aromatic rings. The zero-order valence-electron chi connectivity index (χ0n) is 12.4. The summed E-state index contributed by atoms with van der Waals surface area (Å²) >= 11 is 0. The number of nitrogens with zero attached hydrogens (tertiary/aromatic N) is 1. The van der Waals surface area contributed by atoms with Gasteiger partial charge in [0.25, 0.3) is 0 Å². The van der Waals surface area contributed by atoms with Crippen molar-refractivity contribution in [1.29, 1.82) is 0 Å². The van der Waals surface area contributed by atoms with E-state index < -0.39 is 0 Å². The highest BCUT2D eigenvalue weighted by Crippen LogP contribution is 2.60. The van der Waals surface area contributed by atoms with E-state index in [1.54, 1.807) is 0 Å². The van der Waals surface area contributed by atoms with Gasteiger partial charge in [-0.15, -0.1) is 0 Å². The summed E-state index contributed by atoms with van der Waals surface area (Å²) in [7, 11) is 0. The predicted molar refractivity (Wildman–Crippen MR) is 77.9 cm³/mol. The molecule has 4 saturated carbocycles. The molecule has 4 nitrogen and oxygen atoms in total. The molecule has 1 amide bonds. The molecule has 114 valence electrons. The van der Waals surface area contributed by atoms with Gasteiger partial charge in [-0.3, -0.25) is 9.69 Å². The minimum atomic E-state index is -0.238. The highest BCUT2D eigenvalue weighted by molar-refractivity contribution is 5.73. The number of carbonyl (C=O) groups is 1. The van der Waals surface area contributed by atoms with Crippen molar-refractivity contribution in [3.63, 3.8) is 0 Å². The fraction of sp³-hybridized carbons (Fsp3) is 0.938. The van der Waals surface area contributed by atoms with E-state index in [0.717, 1.165) is 24.3 Å². The quantitative estimate of drug-likeness (QED) is 0.740. The Kier molecular flexibility index (Phi) is 4.04. The Bertz CT molecular complexity index is 334. The number of rotatable bonds is 7. The van der Waals surface area contributed by atoms with Crippen LogP contribution in [0.2, 0.25) is 0 Å². The monoisotopic (exact) mass is 280 g/mol. The van der Waals surface area contributed by atoms with Gasteiger partial charge in [0, 0.05) is 26.1 Å². The Balaban J connectivity index is 1.63. The van der Waals surface area contributed by atoms with Crippen molar-refractivity contribution in [2.24, 2.45) is 28.9 Å². The van der Waals surface area contributed by atoms with Crippen LogP contribution in [-0.2, 0) is 4.79 Å². The lowest BCUT2D eigenvalue weighted by Gasteiger charge is -2.58. The molecular weight excluding hydrogens is 252 g/mol. The SMILES string of the molecule is NC(=O)CCN(CCO)CC12CC3CC(CC(C3)C1)C2. The average molecular weight is 280 g/mol. The van der Waals surface area contributed by atoms with Crippen molar-refractivity contribution in [3.8, 4) is 0 Å². The minimum Gasteiger partial charge on any atom is -0.395 e. The maximum Gasteiger partial charge on any atom is 0.218 e. The number of hydrogen-bond acceptors (Lipinski definition) is 3. The first-order valence-corrected chi connectivity index (χ1v) is 8.20. The molecule has 0 aliphatic heterocycles. The van der Waals surface area contributed by atoms with Crippen molar-refractivity contribution >= 4 is 5.91 Å². The van der Waals surface area contributed by atoms with Gasteiger partial charge in [-0.1, -0.05) is 0 Å². The van der Waals surface area contributed by atoms with E-state index in [0.29, 0.717) is 24.9 Å². The summed E-state index contributed by atoms with van der Waals surface area (Å²) in [5.41, 5.74) is 5.74. The van der Waals surface area contributed by atoms with E-state index in [9.17, 15) is 9.90 Å². The van der Waals surface area contributed by atoms with Crippen LogP contribution in [0.3, 0.4) is 0 Å². The zero-order chi connectivity index (χ0) is 14.2. The third kappa shape index (κ3) is 3.01. The number of aliphatic hydroxyl groups excluding tert-OH is 1. The van der Waals surface area contributed by atoms with E-state index in [1.807, 2.05) is 0 Å². The Morgan fingerprint density at radius 1 is 1.10 bits per heavy atom.